The first kappa shape index (κ1) is 11.2. The van der Waals surface area contributed by atoms with Crippen LogP contribution in [0.15, 0.2) is 11.6 Å². The molecule has 86 valence electrons. The molecule has 0 saturated heterocycles. The third-order valence-corrected chi connectivity index (χ3v) is 2.96. The number of nitrogens with zero attached hydrogens (tertiary/aromatic N) is 3. The van der Waals surface area contributed by atoms with Gasteiger partial charge in [0.1, 0.15) is 10.7 Å². The summed E-state index contributed by atoms with van der Waals surface area (Å²) in [6.45, 7) is 6.20. The van der Waals surface area contributed by atoms with Gasteiger partial charge in [0.05, 0.1) is 11.9 Å². The van der Waals surface area contributed by atoms with Gasteiger partial charge in [-0.1, -0.05) is 13.8 Å². The lowest BCUT2D eigenvalue weighted by Gasteiger charge is -2.04. The molecule has 2 aromatic rings. The number of nitrogens with one attached hydrogen (secondary N) is 2. The monoisotopic (exact) mass is 237 g/mol. The molecular weight excluding hydrogens is 222 g/mol. The minimum absolute atomic E-state index is 0.661. The van der Waals surface area contributed by atoms with Crippen LogP contribution in [0.3, 0.4) is 0 Å². The minimum atomic E-state index is 0.661. The molecule has 0 saturated carbocycles. The molecule has 0 unspecified atom stereocenters. The molecule has 2 heterocycles. The van der Waals surface area contributed by atoms with Crippen LogP contribution in [0.25, 0.3) is 10.7 Å². The molecule has 0 radical (unpaired) electrons. The summed E-state index contributed by atoms with van der Waals surface area (Å²) < 4.78 is 0. The lowest BCUT2D eigenvalue weighted by molar-refractivity contribution is 0.549. The fraction of sp³-hybridized carbons (Fsp3) is 0.500. The maximum absolute atomic E-state index is 4.48. The van der Waals surface area contributed by atoms with Gasteiger partial charge >= 0.3 is 0 Å². The highest BCUT2D eigenvalue weighted by Gasteiger charge is 2.06. The summed E-state index contributed by atoms with van der Waals surface area (Å²) >= 11 is 1.59. The van der Waals surface area contributed by atoms with Crippen LogP contribution in [0.1, 0.15) is 19.5 Å². The zero-order valence-electron chi connectivity index (χ0n) is 9.40. The van der Waals surface area contributed by atoms with Crippen molar-refractivity contribution in [2.45, 2.75) is 20.4 Å². The molecule has 0 aliphatic rings. The second-order valence-electron chi connectivity index (χ2n) is 4.02. The highest BCUT2D eigenvalue weighted by molar-refractivity contribution is 7.13. The molecule has 0 aromatic carbocycles. The van der Waals surface area contributed by atoms with Crippen LogP contribution in [0.2, 0.25) is 0 Å². The van der Waals surface area contributed by atoms with Crippen molar-refractivity contribution in [2.75, 3.05) is 6.54 Å². The summed E-state index contributed by atoms with van der Waals surface area (Å²) in [7, 11) is 0. The van der Waals surface area contributed by atoms with E-state index in [-0.39, 0.29) is 0 Å². The largest absolute Gasteiger partial charge is 0.311 e. The van der Waals surface area contributed by atoms with E-state index in [1.54, 1.807) is 17.5 Å². The predicted molar refractivity (Wildman–Crippen MR) is 64.0 cm³/mol. The van der Waals surface area contributed by atoms with Crippen molar-refractivity contribution < 1.29 is 0 Å². The normalized spacial score (nSPS) is 11.2. The number of rotatable bonds is 5. The summed E-state index contributed by atoms with van der Waals surface area (Å²) in [6.07, 6.45) is 1.68. The number of hydrogen-bond donors (Lipinski definition) is 2. The van der Waals surface area contributed by atoms with Crippen molar-refractivity contribution in [3.8, 4) is 10.7 Å². The van der Waals surface area contributed by atoms with Crippen LogP contribution in [0.5, 0.6) is 0 Å². The van der Waals surface area contributed by atoms with E-state index < -0.39 is 0 Å². The van der Waals surface area contributed by atoms with Gasteiger partial charge in [0.2, 0.25) is 0 Å². The maximum atomic E-state index is 4.48. The fourth-order valence-electron chi connectivity index (χ4n) is 1.30. The van der Waals surface area contributed by atoms with Gasteiger partial charge in [-0.3, -0.25) is 0 Å². The highest BCUT2D eigenvalue weighted by atomic mass is 32.1. The van der Waals surface area contributed by atoms with Gasteiger partial charge in [-0.05, 0) is 12.5 Å². The van der Waals surface area contributed by atoms with Crippen molar-refractivity contribution in [1.82, 2.24) is 25.7 Å². The van der Waals surface area contributed by atoms with Crippen molar-refractivity contribution in [1.29, 1.82) is 0 Å². The van der Waals surface area contributed by atoms with Gasteiger partial charge in [0.25, 0.3) is 0 Å². The summed E-state index contributed by atoms with van der Waals surface area (Å²) in [6, 6.07) is 0. The van der Waals surface area contributed by atoms with E-state index in [9.17, 15) is 0 Å². The van der Waals surface area contributed by atoms with E-state index in [1.807, 2.05) is 0 Å². The van der Waals surface area contributed by atoms with Crippen LogP contribution >= 0.6 is 11.3 Å². The Morgan fingerprint density at radius 2 is 2.38 bits per heavy atom. The molecule has 0 spiro atoms. The van der Waals surface area contributed by atoms with E-state index in [1.165, 1.54) is 0 Å². The number of thiazole rings is 1. The van der Waals surface area contributed by atoms with E-state index in [0.717, 1.165) is 29.5 Å². The number of aromatic amines is 1. The molecule has 0 aliphatic carbocycles. The smallest absolute Gasteiger partial charge is 0.145 e. The minimum Gasteiger partial charge on any atom is -0.311 e. The van der Waals surface area contributed by atoms with Crippen molar-refractivity contribution >= 4 is 11.3 Å². The number of H-pyrrole nitrogens is 1. The second kappa shape index (κ2) is 5.18. The van der Waals surface area contributed by atoms with Gasteiger partial charge in [-0.15, -0.1) is 11.3 Å². The Kier molecular flexibility index (Phi) is 3.63. The highest BCUT2D eigenvalue weighted by Crippen LogP contribution is 2.20. The van der Waals surface area contributed by atoms with Gasteiger partial charge in [-0.25, -0.2) is 4.98 Å². The van der Waals surface area contributed by atoms with Crippen molar-refractivity contribution in [3.63, 3.8) is 0 Å². The third kappa shape index (κ3) is 2.86. The first-order valence-corrected chi connectivity index (χ1v) is 6.15. The Morgan fingerprint density at radius 1 is 1.50 bits per heavy atom. The van der Waals surface area contributed by atoms with Gasteiger partial charge < -0.3 is 5.32 Å². The molecule has 6 heteroatoms. The molecular formula is C10H15N5S. The van der Waals surface area contributed by atoms with E-state index in [4.69, 9.17) is 0 Å². The number of aromatic nitrogens is 4. The zero-order chi connectivity index (χ0) is 11.4. The number of hydrogen-bond acceptors (Lipinski definition) is 5. The molecule has 0 atom stereocenters. The SMILES string of the molecule is CC(C)CNCc1csc(-c2cn[nH]n2)n1. The standard InChI is InChI=1S/C10H15N5S/c1-7(2)3-11-4-8-6-16-10(13-8)9-5-12-15-14-9/h5-7,11H,3-4H2,1-2H3,(H,12,14,15). The molecule has 0 amide bonds. The van der Waals surface area contributed by atoms with E-state index in [2.05, 4.69) is 44.9 Å². The Labute approximate surface area is 98.3 Å². The lowest BCUT2D eigenvalue weighted by Crippen LogP contribution is -2.19. The molecule has 5 nitrogen and oxygen atoms in total. The molecule has 2 N–H and O–H groups in total. The fourth-order valence-corrected chi connectivity index (χ4v) is 2.07. The average Bonchev–Trinajstić information content (AvgIpc) is 2.85. The molecule has 0 aliphatic heterocycles. The van der Waals surface area contributed by atoms with Crippen molar-refractivity contribution in [2.24, 2.45) is 5.92 Å². The first-order chi connectivity index (χ1) is 7.75. The van der Waals surface area contributed by atoms with Gasteiger partial charge in [0, 0.05) is 11.9 Å². The van der Waals surface area contributed by atoms with Crippen LogP contribution < -0.4 is 5.32 Å². The van der Waals surface area contributed by atoms with Crippen LogP contribution in [-0.2, 0) is 6.54 Å². The Hall–Kier alpha value is -1.27. The van der Waals surface area contributed by atoms with E-state index in [0.29, 0.717) is 5.92 Å². The topological polar surface area (TPSA) is 66.5 Å². The zero-order valence-corrected chi connectivity index (χ0v) is 10.2. The second-order valence-corrected chi connectivity index (χ2v) is 4.88. The summed E-state index contributed by atoms with van der Waals surface area (Å²) in [5.41, 5.74) is 1.86. The summed E-state index contributed by atoms with van der Waals surface area (Å²) in [4.78, 5) is 4.48. The van der Waals surface area contributed by atoms with E-state index >= 15 is 0 Å². The van der Waals surface area contributed by atoms with Crippen molar-refractivity contribution in [3.05, 3.63) is 17.3 Å². The Morgan fingerprint density at radius 3 is 3.06 bits per heavy atom. The summed E-state index contributed by atoms with van der Waals surface area (Å²) in [5, 5.41) is 16.7. The Balaban J connectivity index is 1.93. The molecule has 16 heavy (non-hydrogen) atoms. The quantitative estimate of drug-likeness (QED) is 0.830. The third-order valence-electron chi connectivity index (χ3n) is 2.04. The van der Waals surface area contributed by atoms with Crippen LogP contribution in [0.4, 0.5) is 0 Å². The Bertz CT molecular complexity index is 420. The molecule has 0 bridgehead atoms. The molecule has 2 aromatic heterocycles. The average molecular weight is 237 g/mol. The van der Waals surface area contributed by atoms with Gasteiger partial charge in [-0.2, -0.15) is 15.4 Å². The molecule has 2 rings (SSSR count). The first-order valence-electron chi connectivity index (χ1n) is 5.27. The van der Waals surface area contributed by atoms with Crippen LogP contribution in [-0.4, -0.2) is 26.9 Å². The van der Waals surface area contributed by atoms with Gasteiger partial charge in [0.15, 0.2) is 0 Å². The summed E-state index contributed by atoms with van der Waals surface area (Å²) in [5.74, 6) is 0.661. The predicted octanol–water partition coefficient (Wildman–Crippen LogP) is 1.67. The maximum Gasteiger partial charge on any atom is 0.145 e. The molecule has 0 fully saturated rings. The lowest BCUT2D eigenvalue weighted by atomic mass is 10.2. The van der Waals surface area contributed by atoms with Crippen LogP contribution in [0, 0.1) is 5.92 Å².